The summed E-state index contributed by atoms with van der Waals surface area (Å²) in [7, 11) is 0. The van der Waals surface area contributed by atoms with E-state index < -0.39 is 11.6 Å². The lowest BCUT2D eigenvalue weighted by Gasteiger charge is -2.41. The molecule has 1 atom stereocenters. The molecule has 0 saturated carbocycles. The maximum atomic E-state index is 13.4. The van der Waals surface area contributed by atoms with Gasteiger partial charge in [-0.05, 0) is 19.8 Å². The van der Waals surface area contributed by atoms with Gasteiger partial charge in [-0.15, -0.1) is 0 Å². The predicted octanol–water partition coefficient (Wildman–Crippen LogP) is 2.60. The normalized spacial score (nSPS) is 23.3. The number of benzene rings is 1. The summed E-state index contributed by atoms with van der Waals surface area (Å²) in [6, 6.07) is 2.78. The van der Waals surface area contributed by atoms with Crippen molar-refractivity contribution in [2.45, 2.75) is 31.9 Å². The molecule has 4 rings (SSSR count). The first-order chi connectivity index (χ1) is 12.1. The summed E-state index contributed by atoms with van der Waals surface area (Å²) >= 11 is 0. The van der Waals surface area contributed by atoms with E-state index in [0.29, 0.717) is 23.2 Å². The molecule has 0 radical (unpaired) electrons. The molecule has 0 amide bonds. The minimum atomic E-state index is -0.893. The van der Waals surface area contributed by atoms with Crippen LogP contribution >= 0.6 is 0 Å². The second kappa shape index (κ2) is 6.80. The molecule has 0 bridgehead atoms. The minimum Gasteiger partial charge on any atom is -0.376 e. The number of aromatic nitrogens is 2. The van der Waals surface area contributed by atoms with Crippen molar-refractivity contribution in [2.24, 2.45) is 0 Å². The Bertz CT molecular complexity index is 764. The first-order valence-corrected chi connectivity index (χ1v) is 8.82. The number of rotatable bonds is 2. The highest BCUT2D eigenvalue weighted by Gasteiger charge is 2.28. The molecule has 2 aliphatic heterocycles. The number of piperidine rings is 1. The van der Waals surface area contributed by atoms with Gasteiger partial charge in [-0.3, -0.25) is 9.88 Å². The maximum Gasteiger partial charge on any atom is 0.161 e. The van der Waals surface area contributed by atoms with Crippen molar-refractivity contribution in [1.82, 2.24) is 14.9 Å². The first kappa shape index (κ1) is 16.6. The number of halogens is 2. The molecule has 1 aromatic carbocycles. The van der Waals surface area contributed by atoms with Crippen LogP contribution in [0.15, 0.2) is 18.3 Å². The molecular formula is C18H22F2N4O. The van der Waals surface area contributed by atoms with Crippen LogP contribution in [0.3, 0.4) is 0 Å². The van der Waals surface area contributed by atoms with Gasteiger partial charge in [-0.1, -0.05) is 0 Å². The van der Waals surface area contributed by atoms with Crippen molar-refractivity contribution in [2.75, 3.05) is 37.7 Å². The zero-order valence-corrected chi connectivity index (χ0v) is 14.3. The third kappa shape index (κ3) is 3.43. The van der Waals surface area contributed by atoms with Crippen molar-refractivity contribution in [3.63, 3.8) is 0 Å². The number of fused-ring (bicyclic) bond motifs is 1. The summed E-state index contributed by atoms with van der Waals surface area (Å²) in [5.74, 6) is -1.05. The Balaban J connectivity index is 1.45. The fourth-order valence-corrected chi connectivity index (χ4v) is 3.79. The Morgan fingerprint density at radius 3 is 2.52 bits per heavy atom. The molecule has 1 aromatic heterocycles. The van der Waals surface area contributed by atoms with E-state index in [-0.39, 0.29) is 0 Å². The molecule has 0 unspecified atom stereocenters. The fraction of sp³-hybridized carbons (Fsp3) is 0.556. The van der Waals surface area contributed by atoms with Crippen LogP contribution < -0.4 is 4.90 Å². The third-order valence-electron chi connectivity index (χ3n) is 5.15. The summed E-state index contributed by atoms with van der Waals surface area (Å²) in [5.41, 5.74) is 0.764. The fourth-order valence-electron chi connectivity index (χ4n) is 3.79. The molecule has 2 aromatic rings. The van der Waals surface area contributed by atoms with Crippen LogP contribution in [0.5, 0.6) is 0 Å². The summed E-state index contributed by atoms with van der Waals surface area (Å²) in [5, 5.41) is 0. The Labute approximate surface area is 145 Å². The molecule has 5 nitrogen and oxygen atoms in total. The lowest BCUT2D eigenvalue weighted by molar-refractivity contribution is -0.0373. The van der Waals surface area contributed by atoms with Crippen LogP contribution in [-0.2, 0) is 4.74 Å². The van der Waals surface area contributed by atoms with E-state index in [1.54, 1.807) is 6.20 Å². The number of nitrogens with zero attached hydrogens (tertiary/aromatic N) is 4. The number of hydrogen-bond acceptors (Lipinski definition) is 5. The Hall–Kier alpha value is -1.86. The van der Waals surface area contributed by atoms with E-state index in [4.69, 9.17) is 4.74 Å². The van der Waals surface area contributed by atoms with Crippen molar-refractivity contribution >= 4 is 16.9 Å². The van der Waals surface area contributed by atoms with Gasteiger partial charge in [0.25, 0.3) is 0 Å². The molecule has 2 aliphatic rings. The highest BCUT2D eigenvalue weighted by atomic mass is 19.2. The summed E-state index contributed by atoms with van der Waals surface area (Å²) in [4.78, 5) is 13.4. The number of ether oxygens (including phenoxy) is 1. The molecule has 0 aliphatic carbocycles. The predicted molar refractivity (Wildman–Crippen MR) is 91.7 cm³/mol. The Morgan fingerprint density at radius 2 is 1.80 bits per heavy atom. The molecule has 25 heavy (non-hydrogen) atoms. The Morgan fingerprint density at radius 1 is 1.08 bits per heavy atom. The Kier molecular flexibility index (Phi) is 4.52. The molecule has 0 spiro atoms. The van der Waals surface area contributed by atoms with E-state index in [1.807, 2.05) is 0 Å². The highest BCUT2D eigenvalue weighted by Crippen LogP contribution is 2.24. The molecule has 2 saturated heterocycles. The van der Waals surface area contributed by atoms with Gasteiger partial charge in [0.2, 0.25) is 0 Å². The van der Waals surface area contributed by atoms with Crippen molar-refractivity contribution in [3.05, 3.63) is 30.0 Å². The van der Waals surface area contributed by atoms with E-state index in [9.17, 15) is 8.78 Å². The average molecular weight is 348 g/mol. The topological polar surface area (TPSA) is 41.5 Å². The van der Waals surface area contributed by atoms with Crippen LogP contribution in [-0.4, -0.2) is 59.8 Å². The van der Waals surface area contributed by atoms with Crippen LogP contribution in [0.25, 0.3) is 11.0 Å². The number of morpholine rings is 1. The smallest absolute Gasteiger partial charge is 0.161 e. The van der Waals surface area contributed by atoms with Gasteiger partial charge in [0, 0.05) is 44.4 Å². The van der Waals surface area contributed by atoms with Crippen molar-refractivity contribution in [3.8, 4) is 0 Å². The van der Waals surface area contributed by atoms with Gasteiger partial charge in [0.05, 0.1) is 29.9 Å². The summed E-state index contributed by atoms with van der Waals surface area (Å²) in [6.45, 7) is 6.69. The lowest BCUT2D eigenvalue weighted by atomic mass is 10.0. The van der Waals surface area contributed by atoms with E-state index in [2.05, 4.69) is 26.7 Å². The summed E-state index contributed by atoms with van der Waals surface area (Å²) < 4.78 is 32.3. The van der Waals surface area contributed by atoms with E-state index >= 15 is 0 Å². The van der Waals surface area contributed by atoms with E-state index in [0.717, 1.165) is 63.6 Å². The SMILES string of the molecule is C[C@@H]1CN(C2CCN(c3cnc4cc(F)c(F)cc4n3)CC2)CCO1. The molecule has 7 heteroatoms. The van der Waals surface area contributed by atoms with Crippen LogP contribution in [0.4, 0.5) is 14.6 Å². The maximum absolute atomic E-state index is 13.4. The van der Waals surface area contributed by atoms with Gasteiger partial charge < -0.3 is 9.64 Å². The minimum absolute atomic E-state index is 0.299. The third-order valence-corrected chi connectivity index (χ3v) is 5.15. The molecule has 3 heterocycles. The molecule has 134 valence electrons. The zero-order valence-electron chi connectivity index (χ0n) is 14.3. The standard InChI is InChI=1S/C18H22F2N4O/c1-12-11-24(6-7-25-12)13-2-4-23(5-3-13)18-10-21-16-8-14(19)15(20)9-17(16)22-18/h8-10,12-13H,2-7,11H2,1H3/t12-/m1/s1. The zero-order chi connectivity index (χ0) is 17.4. The quantitative estimate of drug-likeness (QED) is 0.834. The lowest BCUT2D eigenvalue weighted by Crippen LogP contribution is -2.51. The van der Waals surface area contributed by atoms with Crippen LogP contribution in [0, 0.1) is 11.6 Å². The molecule has 0 N–H and O–H groups in total. The van der Waals surface area contributed by atoms with Crippen LogP contribution in [0.2, 0.25) is 0 Å². The van der Waals surface area contributed by atoms with Gasteiger partial charge in [-0.25, -0.2) is 13.8 Å². The number of hydrogen-bond donors (Lipinski definition) is 0. The van der Waals surface area contributed by atoms with Gasteiger partial charge in [0.15, 0.2) is 11.6 Å². The van der Waals surface area contributed by atoms with Gasteiger partial charge >= 0.3 is 0 Å². The molecular weight excluding hydrogens is 326 g/mol. The first-order valence-electron chi connectivity index (χ1n) is 8.82. The highest BCUT2D eigenvalue weighted by molar-refractivity contribution is 5.75. The second-order valence-corrected chi connectivity index (χ2v) is 6.88. The largest absolute Gasteiger partial charge is 0.376 e. The molecule has 2 fully saturated rings. The van der Waals surface area contributed by atoms with Crippen molar-refractivity contribution in [1.29, 1.82) is 0 Å². The van der Waals surface area contributed by atoms with Crippen LogP contribution in [0.1, 0.15) is 19.8 Å². The second-order valence-electron chi connectivity index (χ2n) is 6.88. The number of anilines is 1. The van der Waals surface area contributed by atoms with Crippen molar-refractivity contribution < 1.29 is 13.5 Å². The van der Waals surface area contributed by atoms with Gasteiger partial charge in [-0.2, -0.15) is 0 Å². The average Bonchev–Trinajstić information content (AvgIpc) is 2.62. The van der Waals surface area contributed by atoms with Gasteiger partial charge in [0.1, 0.15) is 5.82 Å². The van der Waals surface area contributed by atoms with E-state index in [1.165, 1.54) is 0 Å². The summed E-state index contributed by atoms with van der Waals surface area (Å²) in [6.07, 6.45) is 4.07. The monoisotopic (exact) mass is 348 g/mol.